The van der Waals surface area contributed by atoms with E-state index in [2.05, 4.69) is 15.9 Å². The SMILES string of the molecule is O=C1C(Br)=[N+]([O-])c2ccccc21. The summed E-state index contributed by atoms with van der Waals surface area (Å²) in [6.07, 6.45) is 0. The van der Waals surface area contributed by atoms with Crippen LogP contribution in [0.4, 0.5) is 5.69 Å². The summed E-state index contributed by atoms with van der Waals surface area (Å²) in [5, 5.41) is 11.2. The fourth-order valence-corrected chi connectivity index (χ4v) is 1.56. The van der Waals surface area contributed by atoms with Crippen LogP contribution in [0.3, 0.4) is 0 Å². The molecule has 12 heavy (non-hydrogen) atoms. The highest BCUT2D eigenvalue weighted by Crippen LogP contribution is 2.26. The molecule has 0 N–H and O–H groups in total. The molecule has 0 bridgehead atoms. The molecule has 1 aliphatic rings. The van der Waals surface area contributed by atoms with Crippen LogP contribution in [0, 0.1) is 5.21 Å². The molecule has 1 aliphatic heterocycles. The largest absolute Gasteiger partial charge is 0.617 e. The van der Waals surface area contributed by atoms with Crippen LogP contribution in [-0.2, 0) is 0 Å². The Balaban J connectivity index is 2.73. The third-order valence-corrected chi connectivity index (χ3v) is 2.42. The van der Waals surface area contributed by atoms with Crippen LogP contribution in [0.15, 0.2) is 24.3 Å². The van der Waals surface area contributed by atoms with Crippen LogP contribution in [0.2, 0.25) is 0 Å². The molecule has 2 rings (SSSR count). The molecule has 0 unspecified atom stereocenters. The lowest BCUT2D eigenvalue weighted by molar-refractivity contribution is -0.352. The molecule has 3 nitrogen and oxygen atoms in total. The summed E-state index contributed by atoms with van der Waals surface area (Å²) in [7, 11) is 0. The number of carbonyl (C=O) groups is 1. The first-order valence-electron chi connectivity index (χ1n) is 3.35. The van der Waals surface area contributed by atoms with Gasteiger partial charge in [-0.3, -0.25) is 4.79 Å². The van der Waals surface area contributed by atoms with E-state index in [1.54, 1.807) is 24.3 Å². The Kier molecular flexibility index (Phi) is 1.51. The van der Waals surface area contributed by atoms with Gasteiger partial charge in [0.2, 0.25) is 5.69 Å². The van der Waals surface area contributed by atoms with E-state index in [0.717, 1.165) is 0 Å². The average molecular weight is 226 g/mol. The number of para-hydroxylation sites is 1. The number of carbonyl (C=O) groups excluding carboxylic acids is 1. The molecule has 1 aromatic carbocycles. The molecular formula is C8H4BrNO2. The van der Waals surface area contributed by atoms with Crippen molar-refractivity contribution in [1.82, 2.24) is 0 Å². The van der Waals surface area contributed by atoms with E-state index in [1.807, 2.05) is 0 Å². The van der Waals surface area contributed by atoms with Gasteiger partial charge in [0.05, 0.1) is 0 Å². The number of nitrogens with zero attached hydrogens (tertiary/aromatic N) is 1. The minimum Gasteiger partial charge on any atom is -0.617 e. The highest BCUT2D eigenvalue weighted by atomic mass is 79.9. The van der Waals surface area contributed by atoms with Gasteiger partial charge in [0.25, 0.3) is 5.78 Å². The summed E-state index contributed by atoms with van der Waals surface area (Å²) >= 11 is 2.93. The van der Waals surface area contributed by atoms with E-state index in [4.69, 9.17) is 0 Å². The van der Waals surface area contributed by atoms with E-state index >= 15 is 0 Å². The van der Waals surface area contributed by atoms with Crippen molar-refractivity contribution in [2.75, 3.05) is 0 Å². The normalized spacial score (nSPS) is 15.2. The first-order valence-corrected chi connectivity index (χ1v) is 4.14. The third-order valence-electron chi connectivity index (χ3n) is 1.73. The Morgan fingerprint density at radius 2 is 2.00 bits per heavy atom. The second kappa shape index (κ2) is 2.42. The van der Waals surface area contributed by atoms with E-state index < -0.39 is 0 Å². The number of ketones is 1. The Bertz CT molecular complexity index is 398. The molecule has 0 atom stereocenters. The monoisotopic (exact) mass is 225 g/mol. The number of hydrogen-bond donors (Lipinski definition) is 0. The summed E-state index contributed by atoms with van der Waals surface area (Å²) in [5.74, 6) is -0.249. The highest BCUT2D eigenvalue weighted by molar-refractivity contribution is 9.19. The molecule has 0 aromatic heterocycles. The lowest BCUT2D eigenvalue weighted by atomic mass is 10.1. The standard InChI is InChI=1S/C8H4BrNO2/c9-8-7(11)5-3-1-2-4-6(5)10(8)12/h1-4H. The predicted octanol–water partition coefficient (Wildman–Crippen LogP) is 1.82. The Labute approximate surface area is 77.0 Å². The van der Waals surface area contributed by atoms with Crippen molar-refractivity contribution in [3.8, 4) is 0 Å². The Morgan fingerprint density at radius 1 is 1.33 bits per heavy atom. The predicted molar refractivity (Wildman–Crippen MR) is 48.0 cm³/mol. The number of halogens is 1. The van der Waals surface area contributed by atoms with Crippen molar-refractivity contribution >= 4 is 32.0 Å². The van der Waals surface area contributed by atoms with E-state index in [9.17, 15) is 10.0 Å². The van der Waals surface area contributed by atoms with E-state index in [-0.39, 0.29) is 10.4 Å². The first kappa shape index (κ1) is 7.49. The summed E-state index contributed by atoms with van der Waals surface area (Å²) < 4.78 is 0.654. The van der Waals surface area contributed by atoms with Crippen LogP contribution in [0.1, 0.15) is 10.4 Å². The minimum absolute atomic E-state index is 0.0590. The number of hydrogen-bond acceptors (Lipinski definition) is 2. The molecule has 0 saturated heterocycles. The summed E-state index contributed by atoms with van der Waals surface area (Å²) in [5.41, 5.74) is 0.869. The van der Waals surface area contributed by atoms with Gasteiger partial charge in [0.1, 0.15) is 5.56 Å². The fraction of sp³-hybridized carbons (Fsp3) is 0. The number of rotatable bonds is 0. The molecule has 0 fully saturated rings. The van der Waals surface area contributed by atoms with Crippen LogP contribution < -0.4 is 0 Å². The Morgan fingerprint density at radius 3 is 2.67 bits per heavy atom. The molecule has 1 aromatic rings. The molecule has 0 radical (unpaired) electrons. The zero-order valence-electron chi connectivity index (χ0n) is 5.95. The van der Waals surface area contributed by atoms with Crippen molar-refractivity contribution in [2.24, 2.45) is 0 Å². The highest BCUT2D eigenvalue weighted by Gasteiger charge is 2.32. The number of Topliss-reactive ketones (excluding diaryl/α,β-unsaturated/α-hetero) is 1. The smallest absolute Gasteiger partial charge is 0.308 e. The van der Waals surface area contributed by atoms with Crippen LogP contribution in [-0.4, -0.2) is 15.1 Å². The van der Waals surface area contributed by atoms with E-state index in [1.165, 1.54) is 0 Å². The van der Waals surface area contributed by atoms with Crippen molar-refractivity contribution in [1.29, 1.82) is 0 Å². The quantitative estimate of drug-likeness (QED) is 0.500. The van der Waals surface area contributed by atoms with Gasteiger partial charge in [-0.2, -0.15) is 4.74 Å². The van der Waals surface area contributed by atoms with Gasteiger partial charge in [0, 0.05) is 22.0 Å². The summed E-state index contributed by atoms with van der Waals surface area (Å²) in [6.45, 7) is 0. The molecule has 1 heterocycles. The summed E-state index contributed by atoms with van der Waals surface area (Å²) in [6, 6.07) is 6.71. The van der Waals surface area contributed by atoms with Gasteiger partial charge < -0.3 is 5.21 Å². The molecule has 0 aliphatic carbocycles. The second-order valence-corrected chi connectivity index (χ2v) is 3.18. The Hall–Kier alpha value is -1.16. The lowest BCUT2D eigenvalue weighted by Gasteiger charge is -1.96. The number of benzene rings is 1. The molecule has 60 valence electrons. The molecule has 0 spiro atoms. The van der Waals surface area contributed by atoms with Crippen LogP contribution in [0.25, 0.3) is 0 Å². The minimum atomic E-state index is -0.249. The van der Waals surface area contributed by atoms with Crippen LogP contribution >= 0.6 is 15.9 Å². The van der Waals surface area contributed by atoms with Gasteiger partial charge in [0.15, 0.2) is 0 Å². The lowest BCUT2D eigenvalue weighted by Crippen LogP contribution is -2.05. The maximum atomic E-state index is 11.3. The molecule has 4 heteroatoms. The summed E-state index contributed by atoms with van der Waals surface area (Å²) in [4.78, 5) is 11.3. The molecular weight excluding hydrogens is 222 g/mol. The van der Waals surface area contributed by atoms with Gasteiger partial charge >= 0.3 is 4.62 Å². The zero-order chi connectivity index (χ0) is 8.72. The van der Waals surface area contributed by atoms with Crippen molar-refractivity contribution in [2.45, 2.75) is 0 Å². The van der Waals surface area contributed by atoms with Gasteiger partial charge in [-0.15, -0.1) is 0 Å². The van der Waals surface area contributed by atoms with Gasteiger partial charge in [-0.25, -0.2) is 0 Å². The second-order valence-electron chi connectivity index (χ2n) is 2.43. The van der Waals surface area contributed by atoms with Crippen molar-refractivity contribution in [3.05, 3.63) is 35.0 Å². The van der Waals surface area contributed by atoms with Crippen LogP contribution in [0.5, 0.6) is 0 Å². The molecule has 0 saturated carbocycles. The third kappa shape index (κ3) is 0.814. The van der Waals surface area contributed by atoms with Crippen molar-refractivity contribution in [3.63, 3.8) is 0 Å². The topological polar surface area (TPSA) is 43.1 Å². The fourth-order valence-electron chi connectivity index (χ4n) is 1.15. The van der Waals surface area contributed by atoms with Crippen molar-refractivity contribution < 1.29 is 9.53 Å². The van der Waals surface area contributed by atoms with Gasteiger partial charge in [-0.05, 0) is 6.07 Å². The zero-order valence-corrected chi connectivity index (χ0v) is 7.54. The maximum Gasteiger partial charge on any atom is 0.308 e. The molecule has 0 amide bonds. The average Bonchev–Trinajstić information content (AvgIpc) is 2.33. The van der Waals surface area contributed by atoms with Gasteiger partial charge in [-0.1, -0.05) is 12.1 Å². The number of fused-ring (bicyclic) bond motifs is 1. The van der Waals surface area contributed by atoms with E-state index in [0.29, 0.717) is 16.0 Å². The first-order chi connectivity index (χ1) is 5.72. The maximum absolute atomic E-state index is 11.3.